The molecule has 1 rings (SSSR count). The molecule has 1 amide bonds. The van der Waals surface area contributed by atoms with Crippen molar-refractivity contribution in [2.45, 2.75) is 12.5 Å². The van der Waals surface area contributed by atoms with Gasteiger partial charge in [-0.2, -0.15) is 0 Å². The fraction of sp³-hybridized carbons (Fsp3) is 0.385. The molecule has 1 aromatic rings. The van der Waals surface area contributed by atoms with E-state index in [1.807, 2.05) is 0 Å². The highest BCUT2D eigenvalue weighted by atomic mass is 19.1. The Hall–Kier alpha value is -2.15. The fourth-order valence-electron chi connectivity index (χ4n) is 1.54. The van der Waals surface area contributed by atoms with Crippen molar-refractivity contribution in [1.82, 2.24) is 5.32 Å². The molecule has 0 aliphatic rings. The van der Waals surface area contributed by atoms with Gasteiger partial charge in [-0.15, -0.1) is 0 Å². The molecule has 110 valence electrons. The van der Waals surface area contributed by atoms with Crippen LogP contribution in [0.3, 0.4) is 0 Å². The zero-order valence-electron chi connectivity index (χ0n) is 11.2. The van der Waals surface area contributed by atoms with Crippen molar-refractivity contribution in [2.75, 3.05) is 20.8 Å². The highest BCUT2D eigenvalue weighted by Crippen LogP contribution is 2.16. The van der Waals surface area contributed by atoms with E-state index in [0.717, 1.165) is 6.07 Å². The maximum atomic E-state index is 13.6. The van der Waals surface area contributed by atoms with Gasteiger partial charge in [0.05, 0.1) is 25.2 Å². The van der Waals surface area contributed by atoms with Crippen molar-refractivity contribution in [1.29, 1.82) is 0 Å². The third-order valence-corrected chi connectivity index (χ3v) is 2.65. The summed E-state index contributed by atoms with van der Waals surface area (Å²) in [5.74, 6) is -2.09. The van der Waals surface area contributed by atoms with Crippen LogP contribution >= 0.6 is 0 Å². The molecule has 0 aliphatic carbocycles. The molecule has 0 bridgehead atoms. The lowest BCUT2D eigenvalue weighted by Gasteiger charge is -2.14. The fourth-order valence-corrected chi connectivity index (χ4v) is 1.54. The number of hydrogen-bond donors (Lipinski definition) is 2. The van der Waals surface area contributed by atoms with E-state index in [1.165, 1.54) is 26.4 Å². The number of carboxylic acid groups (broad SMARTS) is 1. The van der Waals surface area contributed by atoms with E-state index >= 15 is 0 Å². The van der Waals surface area contributed by atoms with Crippen LogP contribution < -0.4 is 10.1 Å². The number of halogens is 1. The van der Waals surface area contributed by atoms with E-state index in [-0.39, 0.29) is 18.5 Å². The molecule has 0 aliphatic heterocycles. The summed E-state index contributed by atoms with van der Waals surface area (Å²) in [6.45, 7) is -0.0207. The molecule has 7 heteroatoms. The number of carbonyl (C=O) groups is 2. The monoisotopic (exact) mass is 285 g/mol. The first kappa shape index (κ1) is 15.9. The van der Waals surface area contributed by atoms with Crippen LogP contribution in [-0.2, 0) is 9.53 Å². The van der Waals surface area contributed by atoms with Gasteiger partial charge in [0.25, 0.3) is 5.91 Å². The lowest BCUT2D eigenvalue weighted by Crippen LogP contribution is -2.34. The van der Waals surface area contributed by atoms with Gasteiger partial charge >= 0.3 is 5.97 Å². The van der Waals surface area contributed by atoms with Crippen LogP contribution in [0.15, 0.2) is 18.2 Å². The molecule has 6 nitrogen and oxygen atoms in total. The molecular weight excluding hydrogens is 269 g/mol. The van der Waals surface area contributed by atoms with Crippen LogP contribution in [0.2, 0.25) is 0 Å². The van der Waals surface area contributed by atoms with Crippen molar-refractivity contribution >= 4 is 11.9 Å². The maximum absolute atomic E-state index is 13.6. The predicted octanol–water partition coefficient (Wildman–Crippen LogP) is 1.05. The zero-order chi connectivity index (χ0) is 15.1. The topological polar surface area (TPSA) is 84.9 Å². The molecule has 0 saturated carbocycles. The standard InChI is InChI=1S/C13H16FNO5/c1-19-8-3-4-10(11(14)5-8)13(18)15-7-9(20-2)6-12(16)17/h3-5,9H,6-7H2,1-2H3,(H,15,18)(H,16,17). The van der Waals surface area contributed by atoms with E-state index in [2.05, 4.69) is 5.32 Å². The van der Waals surface area contributed by atoms with Crippen molar-refractivity contribution < 1.29 is 28.6 Å². The highest BCUT2D eigenvalue weighted by molar-refractivity contribution is 5.94. The number of carboxylic acids is 1. The van der Waals surface area contributed by atoms with Gasteiger partial charge in [-0.05, 0) is 12.1 Å². The molecule has 1 unspecified atom stereocenters. The van der Waals surface area contributed by atoms with Gasteiger partial charge in [0.2, 0.25) is 0 Å². The molecule has 1 aromatic carbocycles. The van der Waals surface area contributed by atoms with Gasteiger partial charge in [-0.25, -0.2) is 4.39 Å². The normalized spacial score (nSPS) is 11.8. The quantitative estimate of drug-likeness (QED) is 0.782. The second-order valence-corrected chi connectivity index (χ2v) is 4.01. The summed E-state index contributed by atoms with van der Waals surface area (Å²) in [5.41, 5.74) is -0.143. The Bertz CT molecular complexity index is 492. The minimum atomic E-state index is -1.04. The molecule has 0 aromatic heterocycles. The molecule has 0 radical (unpaired) electrons. The maximum Gasteiger partial charge on any atom is 0.306 e. The average Bonchev–Trinajstić information content (AvgIpc) is 2.42. The first-order valence-corrected chi connectivity index (χ1v) is 5.84. The first-order chi connectivity index (χ1) is 9.47. The van der Waals surface area contributed by atoms with Gasteiger partial charge in [0.1, 0.15) is 11.6 Å². The average molecular weight is 285 g/mol. The van der Waals surface area contributed by atoms with Crippen molar-refractivity contribution in [3.8, 4) is 5.75 Å². The molecule has 1 atom stereocenters. The van der Waals surface area contributed by atoms with E-state index < -0.39 is 23.8 Å². The highest BCUT2D eigenvalue weighted by Gasteiger charge is 2.16. The smallest absolute Gasteiger partial charge is 0.306 e. The number of rotatable bonds is 7. The molecule has 2 N–H and O–H groups in total. The lowest BCUT2D eigenvalue weighted by molar-refractivity contribution is -0.139. The number of methoxy groups -OCH3 is 2. The van der Waals surface area contributed by atoms with Gasteiger partial charge in [-0.3, -0.25) is 9.59 Å². The van der Waals surface area contributed by atoms with Crippen LogP contribution in [-0.4, -0.2) is 43.9 Å². The zero-order valence-corrected chi connectivity index (χ0v) is 11.2. The van der Waals surface area contributed by atoms with Crippen LogP contribution in [0.5, 0.6) is 5.75 Å². The predicted molar refractivity (Wildman–Crippen MR) is 68.3 cm³/mol. The molecule has 0 fully saturated rings. The van der Waals surface area contributed by atoms with E-state index in [4.69, 9.17) is 14.6 Å². The summed E-state index contributed by atoms with van der Waals surface area (Å²) in [5, 5.41) is 11.1. The Kier molecular flexibility index (Phi) is 5.92. The largest absolute Gasteiger partial charge is 0.497 e. The van der Waals surface area contributed by atoms with E-state index in [9.17, 15) is 14.0 Å². The summed E-state index contributed by atoms with van der Waals surface area (Å²) >= 11 is 0. The minimum absolute atomic E-state index is 0.0207. The Balaban J connectivity index is 2.64. The minimum Gasteiger partial charge on any atom is -0.497 e. The van der Waals surface area contributed by atoms with Crippen LogP contribution in [0.25, 0.3) is 0 Å². The molecule has 0 heterocycles. The first-order valence-electron chi connectivity index (χ1n) is 5.84. The number of hydrogen-bond acceptors (Lipinski definition) is 4. The number of ether oxygens (including phenoxy) is 2. The van der Waals surface area contributed by atoms with Crippen LogP contribution in [0.4, 0.5) is 4.39 Å². The Morgan fingerprint density at radius 2 is 2.10 bits per heavy atom. The van der Waals surface area contributed by atoms with Crippen LogP contribution in [0, 0.1) is 5.82 Å². The van der Waals surface area contributed by atoms with Gasteiger partial charge in [0, 0.05) is 19.7 Å². The molecular formula is C13H16FNO5. The Labute approximate surface area is 115 Å². The van der Waals surface area contributed by atoms with Crippen LogP contribution in [0.1, 0.15) is 16.8 Å². The van der Waals surface area contributed by atoms with Crippen molar-refractivity contribution in [3.05, 3.63) is 29.6 Å². The third-order valence-electron chi connectivity index (χ3n) is 2.65. The second kappa shape index (κ2) is 7.44. The summed E-state index contributed by atoms with van der Waals surface area (Å²) in [4.78, 5) is 22.3. The summed E-state index contributed by atoms with van der Waals surface area (Å²) in [7, 11) is 2.73. The molecule has 0 saturated heterocycles. The van der Waals surface area contributed by atoms with E-state index in [0.29, 0.717) is 5.75 Å². The summed E-state index contributed by atoms with van der Waals surface area (Å²) in [6.07, 6.45) is -0.917. The number of amides is 1. The number of benzene rings is 1. The number of carbonyl (C=O) groups excluding carboxylic acids is 1. The Morgan fingerprint density at radius 1 is 1.40 bits per heavy atom. The molecule has 20 heavy (non-hydrogen) atoms. The van der Waals surface area contributed by atoms with Gasteiger partial charge in [0.15, 0.2) is 0 Å². The lowest BCUT2D eigenvalue weighted by atomic mass is 10.1. The summed E-state index contributed by atoms with van der Waals surface area (Å²) in [6, 6.07) is 3.85. The number of aliphatic carboxylic acids is 1. The second-order valence-electron chi connectivity index (χ2n) is 4.01. The van der Waals surface area contributed by atoms with Crippen molar-refractivity contribution in [3.63, 3.8) is 0 Å². The molecule has 0 spiro atoms. The van der Waals surface area contributed by atoms with E-state index in [1.54, 1.807) is 0 Å². The van der Waals surface area contributed by atoms with Gasteiger partial charge < -0.3 is 19.9 Å². The number of nitrogens with one attached hydrogen (secondary N) is 1. The van der Waals surface area contributed by atoms with Crippen molar-refractivity contribution in [2.24, 2.45) is 0 Å². The SMILES string of the molecule is COc1ccc(C(=O)NCC(CC(=O)O)OC)c(F)c1. The van der Waals surface area contributed by atoms with Gasteiger partial charge in [-0.1, -0.05) is 0 Å². The third kappa shape index (κ3) is 4.51. The summed E-state index contributed by atoms with van der Waals surface area (Å²) < 4.78 is 23.4. The Morgan fingerprint density at radius 3 is 2.60 bits per heavy atom.